The Balaban J connectivity index is 1.12. The Bertz CT molecular complexity index is 981. The van der Waals surface area contributed by atoms with Crippen molar-refractivity contribution in [3.05, 3.63) is 60.2 Å². The molecule has 206 valence electrons. The van der Waals surface area contributed by atoms with Gasteiger partial charge in [-0.25, -0.2) is 0 Å². The summed E-state index contributed by atoms with van der Waals surface area (Å²) >= 11 is 0. The number of para-hydroxylation sites is 1. The standard InChI is InChI=1S/C33H47N3O2/c1-2-3-20-36-32(24-34-31(33(36)37)23-26-10-6-4-7-11-26)28-18-21-35(22-19-28)25-27-14-16-30(17-15-27)38-29-12-8-5-9-13-29/h5,8-9,12-17,26,28,31-32,34H,2-4,6-7,10-11,18-25H2,1H3/t31-,32?/m0/s1. The third-order valence-corrected chi connectivity index (χ3v) is 9.09. The van der Waals surface area contributed by atoms with Crippen LogP contribution in [0.4, 0.5) is 0 Å². The molecule has 3 fully saturated rings. The van der Waals surface area contributed by atoms with Gasteiger partial charge in [0.1, 0.15) is 11.5 Å². The van der Waals surface area contributed by atoms with E-state index in [1.54, 1.807) is 0 Å². The van der Waals surface area contributed by atoms with Gasteiger partial charge in [0.25, 0.3) is 0 Å². The van der Waals surface area contributed by atoms with Crippen molar-refractivity contribution in [1.82, 2.24) is 15.1 Å². The van der Waals surface area contributed by atoms with Crippen LogP contribution in [0.2, 0.25) is 0 Å². The fraction of sp³-hybridized carbons (Fsp3) is 0.606. The van der Waals surface area contributed by atoms with Crippen molar-refractivity contribution < 1.29 is 9.53 Å². The highest BCUT2D eigenvalue weighted by Gasteiger charge is 2.40. The van der Waals surface area contributed by atoms with E-state index >= 15 is 0 Å². The minimum absolute atomic E-state index is 0.0418. The van der Waals surface area contributed by atoms with E-state index in [0.29, 0.717) is 17.9 Å². The minimum Gasteiger partial charge on any atom is -0.457 e. The Morgan fingerprint density at radius 2 is 1.61 bits per heavy atom. The molecule has 5 nitrogen and oxygen atoms in total. The molecular formula is C33H47N3O2. The largest absolute Gasteiger partial charge is 0.457 e. The first-order valence-electron chi connectivity index (χ1n) is 15.3. The zero-order valence-electron chi connectivity index (χ0n) is 23.3. The smallest absolute Gasteiger partial charge is 0.240 e. The van der Waals surface area contributed by atoms with Gasteiger partial charge in [0.05, 0.1) is 6.04 Å². The molecule has 1 saturated carbocycles. The van der Waals surface area contributed by atoms with Crippen LogP contribution in [0, 0.1) is 11.8 Å². The Hall–Kier alpha value is -2.37. The number of nitrogens with one attached hydrogen (secondary N) is 1. The number of carbonyl (C=O) groups excluding carboxylic acids is 1. The molecule has 2 aromatic carbocycles. The second-order valence-corrected chi connectivity index (χ2v) is 11.8. The van der Waals surface area contributed by atoms with E-state index in [4.69, 9.17) is 4.74 Å². The second-order valence-electron chi connectivity index (χ2n) is 11.8. The molecule has 2 atom stereocenters. The van der Waals surface area contributed by atoms with Crippen molar-refractivity contribution in [2.75, 3.05) is 26.2 Å². The van der Waals surface area contributed by atoms with Gasteiger partial charge in [-0.3, -0.25) is 9.69 Å². The summed E-state index contributed by atoms with van der Waals surface area (Å²) in [6, 6.07) is 18.9. The van der Waals surface area contributed by atoms with Crippen LogP contribution in [-0.2, 0) is 11.3 Å². The molecule has 1 N–H and O–H groups in total. The van der Waals surface area contributed by atoms with Crippen molar-refractivity contribution in [2.45, 2.75) is 89.8 Å². The number of nitrogens with zero attached hydrogens (tertiary/aromatic N) is 2. The Kier molecular flexibility index (Phi) is 9.75. The lowest BCUT2D eigenvalue weighted by atomic mass is 9.82. The molecule has 5 heteroatoms. The SMILES string of the molecule is CCCCN1C(=O)[C@H](CC2CCCCC2)NCC1C1CCN(Cc2ccc(Oc3ccccc3)cc2)CC1. The molecule has 1 aliphatic carbocycles. The first-order valence-corrected chi connectivity index (χ1v) is 15.3. The Morgan fingerprint density at radius 3 is 2.32 bits per heavy atom. The molecule has 1 unspecified atom stereocenters. The average Bonchev–Trinajstić information content (AvgIpc) is 2.96. The highest BCUT2D eigenvalue weighted by molar-refractivity contribution is 5.83. The van der Waals surface area contributed by atoms with Crippen LogP contribution >= 0.6 is 0 Å². The first kappa shape index (κ1) is 27.2. The Morgan fingerprint density at radius 1 is 0.895 bits per heavy atom. The van der Waals surface area contributed by atoms with E-state index in [1.165, 1.54) is 50.5 Å². The molecule has 3 aliphatic rings. The van der Waals surface area contributed by atoms with Crippen molar-refractivity contribution in [3.63, 3.8) is 0 Å². The van der Waals surface area contributed by atoms with Gasteiger partial charge in [-0.15, -0.1) is 0 Å². The number of benzene rings is 2. The highest BCUT2D eigenvalue weighted by Crippen LogP contribution is 2.32. The predicted octanol–water partition coefficient (Wildman–Crippen LogP) is 6.63. The molecule has 2 heterocycles. The zero-order valence-corrected chi connectivity index (χ0v) is 23.3. The summed E-state index contributed by atoms with van der Waals surface area (Å²) < 4.78 is 5.95. The summed E-state index contributed by atoms with van der Waals surface area (Å²) in [5, 5.41) is 3.73. The summed E-state index contributed by atoms with van der Waals surface area (Å²) in [7, 11) is 0. The number of rotatable bonds is 10. The summed E-state index contributed by atoms with van der Waals surface area (Å²) in [6.07, 6.45) is 12.3. The Labute approximate surface area is 229 Å². The van der Waals surface area contributed by atoms with Crippen LogP contribution in [-0.4, -0.2) is 54.0 Å². The number of piperidine rings is 1. The molecule has 0 aromatic heterocycles. The summed E-state index contributed by atoms with van der Waals surface area (Å²) in [5.41, 5.74) is 1.33. The van der Waals surface area contributed by atoms with Gasteiger partial charge in [0.2, 0.25) is 5.91 Å². The number of hydrogen-bond acceptors (Lipinski definition) is 4. The van der Waals surface area contributed by atoms with Crippen molar-refractivity contribution in [1.29, 1.82) is 0 Å². The summed E-state index contributed by atoms with van der Waals surface area (Å²) in [4.78, 5) is 18.5. The summed E-state index contributed by atoms with van der Waals surface area (Å²) in [5.74, 6) is 3.46. The van der Waals surface area contributed by atoms with E-state index in [9.17, 15) is 4.79 Å². The van der Waals surface area contributed by atoms with Gasteiger partial charge < -0.3 is 15.0 Å². The number of piperazine rings is 1. The first-order chi connectivity index (χ1) is 18.7. The summed E-state index contributed by atoms with van der Waals surface area (Å²) in [6.45, 7) is 7.32. The second kappa shape index (κ2) is 13.6. The molecule has 2 aromatic rings. The lowest BCUT2D eigenvalue weighted by Crippen LogP contribution is -2.63. The molecule has 2 saturated heterocycles. The number of ether oxygens (including phenoxy) is 1. The lowest BCUT2D eigenvalue weighted by Gasteiger charge is -2.46. The topological polar surface area (TPSA) is 44.8 Å². The zero-order chi connectivity index (χ0) is 26.2. The van der Waals surface area contributed by atoms with Crippen LogP contribution in [0.25, 0.3) is 0 Å². The van der Waals surface area contributed by atoms with Gasteiger partial charge in [-0.2, -0.15) is 0 Å². The van der Waals surface area contributed by atoms with E-state index in [1.807, 2.05) is 30.3 Å². The number of hydrogen-bond donors (Lipinski definition) is 1. The minimum atomic E-state index is 0.0418. The fourth-order valence-corrected chi connectivity index (χ4v) is 6.83. The molecular weight excluding hydrogens is 470 g/mol. The highest BCUT2D eigenvalue weighted by atomic mass is 16.5. The van der Waals surface area contributed by atoms with Crippen LogP contribution in [0.1, 0.15) is 76.7 Å². The maximum atomic E-state index is 13.6. The maximum absolute atomic E-state index is 13.6. The van der Waals surface area contributed by atoms with Crippen LogP contribution in [0.3, 0.4) is 0 Å². The quantitative estimate of drug-likeness (QED) is 0.384. The number of unbranched alkanes of at least 4 members (excludes halogenated alkanes) is 1. The lowest BCUT2D eigenvalue weighted by molar-refractivity contribution is -0.141. The predicted molar refractivity (Wildman–Crippen MR) is 154 cm³/mol. The number of likely N-dealkylation sites (tertiary alicyclic amines) is 1. The van der Waals surface area contributed by atoms with Gasteiger partial charge >= 0.3 is 0 Å². The van der Waals surface area contributed by atoms with Crippen LogP contribution < -0.4 is 10.1 Å². The monoisotopic (exact) mass is 517 g/mol. The van der Waals surface area contributed by atoms with Crippen molar-refractivity contribution >= 4 is 5.91 Å². The molecule has 2 aliphatic heterocycles. The number of amides is 1. The van der Waals surface area contributed by atoms with E-state index in [0.717, 1.165) is 69.4 Å². The molecule has 38 heavy (non-hydrogen) atoms. The third kappa shape index (κ3) is 7.18. The molecule has 0 bridgehead atoms. The molecule has 0 radical (unpaired) electrons. The van der Waals surface area contributed by atoms with Crippen molar-refractivity contribution in [2.24, 2.45) is 11.8 Å². The normalized spacial score (nSPS) is 24.0. The van der Waals surface area contributed by atoms with Gasteiger partial charge in [0.15, 0.2) is 0 Å². The van der Waals surface area contributed by atoms with E-state index in [-0.39, 0.29) is 6.04 Å². The van der Waals surface area contributed by atoms with Gasteiger partial charge in [0, 0.05) is 25.7 Å². The van der Waals surface area contributed by atoms with E-state index in [2.05, 4.69) is 46.3 Å². The van der Waals surface area contributed by atoms with Gasteiger partial charge in [-0.05, 0) is 80.4 Å². The van der Waals surface area contributed by atoms with Crippen LogP contribution in [0.5, 0.6) is 11.5 Å². The fourth-order valence-electron chi connectivity index (χ4n) is 6.83. The van der Waals surface area contributed by atoms with E-state index < -0.39 is 0 Å². The van der Waals surface area contributed by atoms with Crippen LogP contribution in [0.15, 0.2) is 54.6 Å². The third-order valence-electron chi connectivity index (χ3n) is 9.09. The maximum Gasteiger partial charge on any atom is 0.240 e. The molecule has 0 spiro atoms. The van der Waals surface area contributed by atoms with Gasteiger partial charge in [-0.1, -0.05) is 75.8 Å². The molecule has 5 rings (SSSR count). The molecule has 1 amide bonds. The van der Waals surface area contributed by atoms with Crippen molar-refractivity contribution in [3.8, 4) is 11.5 Å². The average molecular weight is 518 g/mol. The number of carbonyl (C=O) groups is 1.